The molecule has 17 heteroatoms. The molecule has 2 unspecified atom stereocenters. The number of rotatable bonds is 30. The van der Waals surface area contributed by atoms with Crippen LogP contribution in [0.2, 0.25) is 0 Å². The zero-order valence-electron chi connectivity index (χ0n) is 43.3. The molecule has 2 heterocycles. The third kappa shape index (κ3) is 15.4. The number of imide groups is 1. The van der Waals surface area contributed by atoms with Crippen LogP contribution in [0.15, 0.2) is 30.3 Å². The molecule has 11 atom stereocenters. The van der Waals surface area contributed by atoms with Crippen LogP contribution in [-0.4, -0.2) is 160 Å². The predicted molar refractivity (Wildman–Crippen MR) is 265 cm³/mol. The number of carboxylic acid groups (broad SMARTS) is 1. The third-order valence-electron chi connectivity index (χ3n) is 14.7. The minimum Gasteiger partial charge on any atom is -0.481 e. The molecule has 2 aliphatic rings. The number of amides is 5. The molecule has 2 fully saturated rings. The second-order valence-electron chi connectivity index (χ2n) is 19.9. The maximum atomic E-state index is 14.7. The van der Waals surface area contributed by atoms with Gasteiger partial charge in [0, 0.05) is 78.9 Å². The van der Waals surface area contributed by atoms with Gasteiger partial charge in [-0.2, -0.15) is 11.8 Å². The quantitative estimate of drug-likeness (QED) is 0.0664. The zero-order chi connectivity index (χ0) is 51.9. The molecule has 388 valence electrons. The van der Waals surface area contributed by atoms with Crippen LogP contribution in [0.3, 0.4) is 0 Å². The highest BCUT2D eigenvalue weighted by molar-refractivity contribution is 8.00. The first-order chi connectivity index (χ1) is 32.6. The first-order valence-electron chi connectivity index (χ1n) is 24.8. The molecule has 1 aromatic carbocycles. The predicted octanol–water partition coefficient (Wildman–Crippen LogP) is 6.07. The van der Waals surface area contributed by atoms with Gasteiger partial charge in [0.1, 0.15) is 5.78 Å². The summed E-state index contributed by atoms with van der Waals surface area (Å²) in [5.41, 5.74) is 0.389. The number of Topliss-reactive ketones (excluding diaryl/α,β-unsaturated/α-hetero) is 2. The Morgan fingerprint density at radius 2 is 1.48 bits per heavy atom. The van der Waals surface area contributed by atoms with Crippen LogP contribution in [0.1, 0.15) is 131 Å². The number of unbranched alkanes of at least 4 members (excludes halogenated alkanes) is 2. The van der Waals surface area contributed by atoms with Gasteiger partial charge in [-0.1, -0.05) is 91.6 Å². The Labute approximate surface area is 414 Å². The van der Waals surface area contributed by atoms with Crippen LogP contribution >= 0.6 is 11.8 Å². The smallest absolute Gasteiger partial charge is 0.309 e. The monoisotopic (exact) mass is 987 g/mol. The standard InChI is InChI=1S/C52H82N4O12S/c1-13-33(6)47(41(67-10)29-44(60)55-26-20-23-38(55)49(68-11)34(7)39(57)28-37(52(65)66)48(62)35-21-16-14-17-22-35)54(9)50(63)36(31(2)3)27-40(58)46(32(4)5)53(8)43(59)24-18-15-19-25-56-45(61)30-42(69-12)51(56)64/h14,16-17,21-22,31-34,36-38,41-42,46-49,62H,13,15,18-20,23-30H2,1-12H3,(H,65,66)/t33-,34-,36-,37-,38-,41+,42?,46-,47-,48?,49+/m0/s1. The summed E-state index contributed by atoms with van der Waals surface area (Å²) >= 11 is 1.37. The van der Waals surface area contributed by atoms with Crippen LogP contribution in [-0.2, 0) is 47.8 Å². The molecule has 5 amide bonds. The molecule has 0 aliphatic carbocycles. The maximum absolute atomic E-state index is 14.7. The van der Waals surface area contributed by atoms with Crippen molar-refractivity contribution in [3.8, 4) is 0 Å². The van der Waals surface area contributed by atoms with Gasteiger partial charge in [-0.3, -0.25) is 43.3 Å². The van der Waals surface area contributed by atoms with Gasteiger partial charge in [0.2, 0.25) is 29.5 Å². The maximum Gasteiger partial charge on any atom is 0.309 e. The molecule has 1 aromatic rings. The summed E-state index contributed by atoms with van der Waals surface area (Å²) in [6, 6.07) is 6.52. The summed E-state index contributed by atoms with van der Waals surface area (Å²) in [4.78, 5) is 114. The second-order valence-corrected chi connectivity index (χ2v) is 20.9. The lowest BCUT2D eigenvalue weighted by molar-refractivity contribution is -0.151. The summed E-state index contributed by atoms with van der Waals surface area (Å²) in [6.07, 6.45) is 2.34. The molecule has 0 saturated carbocycles. The third-order valence-corrected chi connectivity index (χ3v) is 15.6. The summed E-state index contributed by atoms with van der Waals surface area (Å²) < 4.78 is 12.0. The number of ether oxygens (including phenoxy) is 2. The van der Waals surface area contributed by atoms with Crippen LogP contribution in [0, 0.1) is 35.5 Å². The van der Waals surface area contributed by atoms with Gasteiger partial charge in [0.25, 0.3) is 0 Å². The SMILES string of the molecule is CC[C@H](C)[C@@H]([C@@H](CC(=O)N1CCC[C@H]1[C@H](OC)[C@@H](C)C(=O)C[C@H](C(=O)O)C(O)c1ccccc1)OC)N(C)C(=O)[C@@H](CC(=O)[C@H](C(C)C)N(C)C(=O)CCCCCN1C(=O)CC(SC)C1=O)C(C)C. The summed E-state index contributed by atoms with van der Waals surface area (Å²) in [5.74, 6) is -6.47. The number of aliphatic hydroxyl groups is 1. The van der Waals surface area contributed by atoms with E-state index < -0.39 is 72.4 Å². The van der Waals surface area contributed by atoms with Crippen molar-refractivity contribution in [2.75, 3.05) is 47.7 Å². The number of methoxy groups -OCH3 is 2. The fraction of sp³-hybridized carbons (Fsp3) is 0.731. The Hall–Kier alpha value is -4.19. The van der Waals surface area contributed by atoms with E-state index >= 15 is 0 Å². The molecule has 0 spiro atoms. The van der Waals surface area contributed by atoms with Gasteiger partial charge in [0.05, 0.1) is 54.0 Å². The number of carbonyl (C=O) groups is 8. The van der Waals surface area contributed by atoms with Crippen molar-refractivity contribution in [3.63, 3.8) is 0 Å². The number of hydrogen-bond acceptors (Lipinski definition) is 12. The number of ketones is 2. The Morgan fingerprint density at radius 3 is 2.01 bits per heavy atom. The first-order valence-corrected chi connectivity index (χ1v) is 26.1. The number of likely N-dealkylation sites (tertiary alicyclic amines) is 2. The van der Waals surface area contributed by atoms with Crippen LogP contribution < -0.4 is 0 Å². The Balaban J connectivity index is 1.71. The number of nitrogens with zero attached hydrogens (tertiary/aromatic N) is 4. The highest BCUT2D eigenvalue weighted by atomic mass is 32.2. The Kier molecular flexibility index (Phi) is 24.0. The number of benzene rings is 1. The van der Waals surface area contributed by atoms with Crippen molar-refractivity contribution in [3.05, 3.63) is 35.9 Å². The minimum absolute atomic E-state index is 0.0800. The van der Waals surface area contributed by atoms with Gasteiger partial charge in [0.15, 0.2) is 5.78 Å². The van der Waals surface area contributed by atoms with E-state index in [0.717, 1.165) is 0 Å². The molecule has 69 heavy (non-hydrogen) atoms. The van der Waals surface area contributed by atoms with Gasteiger partial charge >= 0.3 is 5.97 Å². The summed E-state index contributed by atoms with van der Waals surface area (Å²) in [7, 11) is 6.28. The van der Waals surface area contributed by atoms with Crippen LogP contribution in [0.25, 0.3) is 0 Å². The van der Waals surface area contributed by atoms with Crippen molar-refractivity contribution < 1.29 is 58.0 Å². The van der Waals surface area contributed by atoms with Gasteiger partial charge in [-0.25, -0.2) is 0 Å². The van der Waals surface area contributed by atoms with Gasteiger partial charge in [-0.05, 0) is 55.3 Å². The second kappa shape index (κ2) is 28.0. The average molecular weight is 987 g/mol. The first kappa shape index (κ1) is 59.1. The average Bonchev–Trinajstić information content (AvgIpc) is 3.91. The van der Waals surface area contributed by atoms with E-state index in [0.29, 0.717) is 57.2 Å². The number of carboxylic acids is 1. The molecule has 16 nitrogen and oxygen atoms in total. The van der Waals surface area contributed by atoms with Gasteiger partial charge in [-0.15, -0.1) is 0 Å². The molecule has 0 bridgehead atoms. The van der Waals surface area contributed by atoms with Crippen molar-refractivity contribution in [2.45, 2.75) is 161 Å². The van der Waals surface area contributed by atoms with Crippen LogP contribution in [0.5, 0.6) is 0 Å². The Morgan fingerprint density at radius 1 is 0.841 bits per heavy atom. The van der Waals surface area contributed by atoms with Crippen molar-refractivity contribution in [1.82, 2.24) is 19.6 Å². The largest absolute Gasteiger partial charge is 0.481 e. The number of aliphatic hydroxyl groups excluding tert-OH is 1. The molecule has 2 saturated heterocycles. The molecule has 0 radical (unpaired) electrons. The number of likely N-dealkylation sites (N-methyl/N-ethyl adjacent to an activating group) is 2. The van der Waals surface area contributed by atoms with Crippen molar-refractivity contribution in [1.29, 1.82) is 0 Å². The summed E-state index contributed by atoms with van der Waals surface area (Å²) in [5, 5.41) is 20.6. The van der Waals surface area contributed by atoms with E-state index in [9.17, 15) is 48.6 Å². The fourth-order valence-electron chi connectivity index (χ4n) is 10.3. The Bertz CT molecular complexity index is 1900. The number of aliphatic carboxylic acids is 1. The minimum atomic E-state index is -1.40. The van der Waals surface area contributed by atoms with Gasteiger partial charge < -0.3 is 34.4 Å². The highest BCUT2D eigenvalue weighted by Crippen LogP contribution is 2.33. The zero-order valence-corrected chi connectivity index (χ0v) is 44.1. The normalized spacial score (nSPS) is 20.3. The molecule has 2 N–H and O–H groups in total. The van der Waals surface area contributed by atoms with E-state index in [-0.39, 0.29) is 84.0 Å². The molecule has 0 aromatic heterocycles. The lowest BCUT2D eigenvalue weighted by Crippen LogP contribution is -2.54. The lowest BCUT2D eigenvalue weighted by atomic mass is 9.83. The topological polar surface area (TPSA) is 208 Å². The van der Waals surface area contributed by atoms with Crippen molar-refractivity contribution >= 4 is 58.8 Å². The van der Waals surface area contributed by atoms with E-state index in [1.165, 1.54) is 35.8 Å². The number of thioether (sulfide) groups is 1. The van der Waals surface area contributed by atoms with E-state index in [1.54, 1.807) is 61.2 Å². The number of hydrogen-bond donors (Lipinski definition) is 2. The summed E-state index contributed by atoms with van der Waals surface area (Å²) in [6.45, 7) is 13.9. The van der Waals surface area contributed by atoms with Crippen molar-refractivity contribution in [2.24, 2.45) is 35.5 Å². The van der Waals surface area contributed by atoms with E-state index in [2.05, 4.69) is 0 Å². The van der Waals surface area contributed by atoms with E-state index in [1.807, 2.05) is 47.8 Å². The molecule has 3 rings (SSSR count). The molecular formula is C52H82N4O12S. The highest BCUT2D eigenvalue weighted by Gasteiger charge is 2.44. The number of carbonyl (C=O) groups excluding carboxylic acids is 7. The molecule has 2 aliphatic heterocycles. The molecular weight excluding hydrogens is 905 g/mol. The fourth-order valence-corrected chi connectivity index (χ4v) is 11.0. The lowest BCUT2D eigenvalue weighted by Gasteiger charge is -2.41. The van der Waals surface area contributed by atoms with Crippen LogP contribution in [0.4, 0.5) is 0 Å². The van der Waals surface area contributed by atoms with E-state index in [4.69, 9.17) is 9.47 Å².